The molecular weight excluding hydrogens is 446 g/mol. The fraction of sp³-hybridized carbons (Fsp3) is 0.269. The Morgan fingerprint density at radius 1 is 1.17 bits per heavy atom. The van der Waals surface area contributed by atoms with Crippen LogP contribution in [-0.2, 0) is 9.53 Å². The fourth-order valence-corrected chi connectivity index (χ4v) is 4.39. The van der Waals surface area contributed by atoms with E-state index in [1.165, 1.54) is 6.20 Å². The number of rotatable bonds is 6. The number of aromatic amines is 1. The van der Waals surface area contributed by atoms with Crippen molar-refractivity contribution in [3.63, 3.8) is 0 Å². The summed E-state index contributed by atoms with van der Waals surface area (Å²) in [5, 5.41) is 0. The first-order valence-electron chi connectivity index (χ1n) is 11.6. The van der Waals surface area contributed by atoms with Crippen LogP contribution in [0.4, 0.5) is 0 Å². The van der Waals surface area contributed by atoms with Gasteiger partial charge in [0.05, 0.1) is 29.9 Å². The number of hydrogen-bond donors (Lipinski definition) is 1. The van der Waals surface area contributed by atoms with Crippen LogP contribution in [0.15, 0.2) is 54.9 Å². The van der Waals surface area contributed by atoms with Crippen LogP contribution in [0.5, 0.6) is 11.5 Å². The molecule has 4 aromatic rings. The zero-order valence-electron chi connectivity index (χ0n) is 19.5. The molecule has 1 saturated heterocycles. The highest BCUT2D eigenvalue weighted by Crippen LogP contribution is 2.40. The number of amides is 1. The first kappa shape index (κ1) is 22.5. The molecule has 1 aliphatic heterocycles. The summed E-state index contributed by atoms with van der Waals surface area (Å²) in [4.78, 5) is 42.7. The second kappa shape index (κ2) is 9.54. The van der Waals surface area contributed by atoms with Gasteiger partial charge in [-0.25, -0.2) is 14.8 Å². The Hall–Kier alpha value is -4.27. The highest BCUT2D eigenvalue weighted by Gasteiger charge is 2.31. The largest absolute Gasteiger partial charge is 0.461 e. The van der Waals surface area contributed by atoms with E-state index < -0.39 is 5.97 Å². The van der Waals surface area contributed by atoms with E-state index in [9.17, 15) is 9.59 Å². The average Bonchev–Trinajstić information content (AvgIpc) is 3.52. The van der Waals surface area contributed by atoms with Crippen molar-refractivity contribution in [2.24, 2.45) is 0 Å². The van der Waals surface area contributed by atoms with E-state index >= 15 is 0 Å². The molecule has 5 rings (SSSR count). The maximum absolute atomic E-state index is 12.3. The number of fused-ring (bicyclic) bond motifs is 1. The number of nitrogens with one attached hydrogen (secondary N) is 1. The molecule has 9 nitrogen and oxygen atoms in total. The first-order valence-corrected chi connectivity index (χ1v) is 11.6. The molecule has 1 amide bonds. The third-order valence-corrected chi connectivity index (χ3v) is 5.99. The third-order valence-electron chi connectivity index (χ3n) is 5.99. The van der Waals surface area contributed by atoms with Crippen LogP contribution in [-0.4, -0.2) is 49.9 Å². The van der Waals surface area contributed by atoms with Gasteiger partial charge in [-0.05, 0) is 50.1 Å². The van der Waals surface area contributed by atoms with Crippen LogP contribution in [0.1, 0.15) is 48.8 Å². The number of hydrogen-bond acceptors (Lipinski definition) is 7. The molecule has 0 spiro atoms. The summed E-state index contributed by atoms with van der Waals surface area (Å²) in [6.07, 6.45) is 4.96. The van der Waals surface area contributed by atoms with Crippen LogP contribution in [0.2, 0.25) is 0 Å². The molecule has 178 valence electrons. The molecule has 3 aromatic heterocycles. The van der Waals surface area contributed by atoms with Crippen molar-refractivity contribution in [3.05, 3.63) is 66.1 Å². The highest BCUT2D eigenvalue weighted by molar-refractivity contribution is 5.87. The Morgan fingerprint density at radius 3 is 2.77 bits per heavy atom. The van der Waals surface area contributed by atoms with Crippen LogP contribution < -0.4 is 4.74 Å². The Labute approximate surface area is 202 Å². The smallest absolute Gasteiger partial charge is 0.356 e. The summed E-state index contributed by atoms with van der Waals surface area (Å²) >= 11 is 0. The number of pyridine rings is 2. The van der Waals surface area contributed by atoms with Crippen molar-refractivity contribution in [1.82, 2.24) is 24.8 Å². The number of carbonyl (C=O) groups is 2. The molecule has 1 aromatic carbocycles. The molecule has 0 radical (unpaired) electrons. The van der Waals surface area contributed by atoms with Gasteiger partial charge in [-0.3, -0.25) is 9.78 Å². The molecule has 1 atom stereocenters. The van der Waals surface area contributed by atoms with Gasteiger partial charge >= 0.3 is 5.97 Å². The number of likely N-dealkylation sites (tertiary alicyclic amines) is 1. The minimum absolute atomic E-state index is 0.0257. The molecule has 0 aliphatic carbocycles. The molecule has 1 fully saturated rings. The van der Waals surface area contributed by atoms with E-state index in [1.54, 1.807) is 32.2 Å². The van der Waals surface area contributed by atoms with Gasteiger partial charge in [0.15, 0.2) is 5.82 Å². The quantitative estimate of drug-likeness (QED) is 0.407. The molecular formula is C26H25N5O4. The third kappa shape index (κ3) is 4.57. The molecule has 0 saturated carbocycles. The van der Waals surface area contributed by atoms with E-state index in [4.69, 9.17) is 14.5 Å². The predicted octanol–water partition coefficient (Wildman–Crippen LogP) is 4.67. The van der Waals surface area contributed by atoms with E-state index in [0.717, 1.165) is 29.6 Å². The van der Waals surface area contributed by atoms with E-state index in [1.807, 2.05) is 35.2 Å². The van der Waals surface area contributed by atoms with Gasteiger partial charge in [0.2, 0.25) is 5.91 Å². The standard InChI is InChI=1S/C26H25N5O4/c1-3-34-26(33)20-10-9-17(15-28-20)35-24-14-22-21(29-25(30-22)19-7-4-5-11-27-19)13-18(24)23-8-6-12-31(23)16(2)32/h4-5,7,9-11,13-15,23H,3,6,8,12H2,1-2H3,(H,29,30). The fourth-order valence-electron chi connectivity index (χ4n) is 4.39. The van der Waals surface area contributed by atoms with Crippen molar-refractivity contribution in [2.75, 3.05) is 13.2 Å². The van der Waals surface area contributed by atoms with Gasteiger partial charge in [0, 0.05) is 31.3 Å². The zero-order valence-corrected chi connectivity index (χ0v) is 19.5. The number of imidazole rings is 1. The zero-order chi connectivity index (χ0) is 24.4. The summed E-state index contributed by atoms with van der Waals surface area (Å²) in [5.74, 6) is 1.24. The van der Waals surface area contributed by atoms with Crippen LogP contribution in [0.25, 0.3) is 22.6 Å². The minimum Gasteiger partial charge on any atom is -0.461 e. The van der Waals surface area contributed by atoms with E-state index in [-0.39, 0.29) is 24.2 Å². The van der Waals surface area contributed by atoms with Gasteiger partial charge < -0.3 is 19.4 Å². The highest BCUT2D eigenvalue weighted by atomic mass is 16.5. The molecule has 35 heavy (non-hydrogen) atoms. The van der Waals surface area contributed by atoms with Crippen molar-refractivity contribution < 1.29 is 19.1 Å². The second-order valence-electron chi connectivity index (χ2n) is 8.28. The van der Waals surface area contributed by atoms with Crippen molar-refractivity contribution in [2.45, 2.75) is 32.7 Å². The Balaban J connectivity index is 1.55. The lowest BCUT2D eigenvalue weighted by atomic mass is 10.0. The number of ether oxygens (including phenoxy) is 2. The van der Waals surface area contributed by atoms with Gasteiger partial charge in [-0.15, -0.1) is 0 Å². The summed E-state index contributed by atoms with van der Waals surface area (Å²) in [6.45, 7) is 4.31. The van der Waals surface area contributed by atoms with Gasteiger partial charge in [0.25, 0.3) is 0 Å². The Morgan fingerprint density at radius 2 is 2.06 bits per heavy atom. The second-order valence-corrected chi connectivity index (χ2v) is 8.28. The summed E-state index contributed by atoms with van der Waals surface area (Å²) in [6, 6.07) is 12.6. The van der Waals surface area contributed by atoms with Crippen molar-refractivity contribution in [3.8, 4) is 23.0 Å². The number of benzene rings is 1. The maximum Gasteiger partial charge on any atom is 0.356 e. The van der Waals surface area contributed by atoms with E-state index in [2.05, 4.69) is 15.0 Å². The minimum atomic E-state index is -0.484. The molecule has 4 heterocycles. The summed E-state index contributed by atoms with van der Waals surface area (Å²) in [5.41, 5.74) is 3.38. The lowest BCUT2D eigenvalue weighted by Crippen LogP contribution is -2.28. The maximum atomic E-state index is 12.3. The monoisotopic (exact) mass is 471 g/mol. The van der Waals surface area contributed by atoms with E-state index in [0.29, 0.717) is 29.4 Å². The lowest BCUT2D eigenvalue weighted by molar-refractivity contribution is -0.129. The molecule has 1 N–H and O–H groups in total. The SMILES string of the molecule is CCOC(=O)c1ccc(Oc2cc3nc(-c4ccccn4)[nH]c3cc2C2CCCN2C(C)=O)cn1. The van der Waals surface area contributed by atoms with Crippen LogP contribution in [0, 0.1) is 0 Å². The lowest BCUT2D eigenvalue weighted by Gasteiger charge is -2.25. The first-order chi connectivity index (χ1) is 17.0. The average molecular weight is 472 g/mol. The van der Waals surface area contributed by atoms with Crippen LogP contribution >= 0.6 is 0 Å². The normalized spacial score (nSPS) is 15.4. The number of esters is 1. The van der Waals surface area contributed by atoms with Crippen molar-refractivity contribution in [1.29, 1.82) is 0 Å². The van der Waals surface area contributed by atoms with Crippen LogP contribution in [0.3, 0.4) is 0 Å². The molecule has 9 heteroatoms. The van der Waals surface area contributed by atoms with Gasteiger partial charge in [-0.1, -0.05) is 6.07 Å². The predicted molar refractivity (Wildman–Crippen MR) is 129 cm³/mol. The Kier molecular flexibility index (Phi) is 6.13. The summed E-state index contributed by atoms with van der Waals surface area (Å²) in [7, 11) is 0. The number of aromatic nitrogens is 4. The van der Waals surface area contributed by atoms with Gasteiger partial charge in [0.1, 0.15) is 22.9 Å². The number of nitrogens with zero attached hydrogens (tertiary/aromatic N) is 4. The molecule has 0 bridgehead atoms. The Bertz CT molecular complexity index is 1370. The topological polar surface area (TPSA) is 110 Å². The van der Waals surface area contributed by atoms with Crippen molar-refractivity contribution >= 4 is 22.9 Å². The molecule has 1 unspecified atom stereocenters. The summed E-state index contributed by atoms with van der Waals surface area (Å²) < 4.78 is 11.2. The number of carbonyl (C=O) groups excluding carboxylic acids is 2. The van der Waals surface area contributed by atoms with Gasteiger partial charge in [-0.2, -0.15) is 0 Å². The molecule has 1 aliphatic rings. The number of H-pyrrole nitrogens is 1.